The summed E-state index contributed by atoms with van der Waals surface area (Å²) in [5, 5.41) is 16.2. The molecule has 0 fully saturated rings. The van der Waals surface area contributed by atoms with Crippen LogP contribution in [0.4, 0.5) is 11.4 Å². The van der Waals surface area contributed by atoms with Gasteiger partial charge in [0.1, 0.15) is 0 Å². The number of aromatic nitrogens is 1. The number of carbonyl (C=O) groups is 1. The molecule has 1 heterocycles. The fourth-order valence-electron chi connectivity index (χ4n) is 4.81. The van der Waals surface area contributed by atoms with Gasteiger partial charge in [-0.1, -0.05) is 66.2 Å². The Hall–Kier alpha value is -4.14. The van der Waals surface area contributed by atoms with Gasteiger partial charge in [-0.15, -0.1) is 0 Å². The highest BCUT2D eigenvalue weighted by Gasteiger charge is 2.29. The largest absolute Gasteiger partial charge is 0.389 e. The van der Waals surface area contributed by atoms with Crippen LogP contribution >= 0.6 is 0 Å². The van der Waals surface area contributed by atoms with Crippen molar-refractivity contribution in [3.8, 4) is 0 Å². The quantitative estimate of drug-likeness (QED) is 0.286. The maximum Gasteiger partial charge on any atom is 0.264 e. The fraction of sp³-hybridized carbons (Fsp3) is 0.167. The number of carbonyl (C=O) groups excluding carboxylic acids is 1. The van der Waals surface area contributed by atoms with Crippen LogP contribution in [0.15, 0.2) is 102 Å². The summed E-state index contributed by atoms with van der Waals surface area (Å²) in [6.07, 6.45) is -1.06. The molecule has 38 heavy (non-hydrogen) atoms. The molecule has 5 rings (SSSR count). The number of nitrogens with zero attached hydrogens (tertiary/aromatic N) is 2. The predicted octanol–water partition coefficient (Wildman–Crippen LogP) is 5.32. The first kappa shape index (κ1) is 25.5. The summed E-state index contributed by atoms with van der Waals surface area (Å²) >= 11 is 0. The molecule has 0 unspecified atom stereocenters. The van der Waals surface area contributed by atoms with Crippen molar-refractivity contribution in [3.63, 3.8) is 0 Å². The fourth-order valence-corrected chi connectivity index (χ4v) is 6.33. The summed E-state index contributed by atoms with van der Waals surface area (Å²) in [5.41, 5.74) is 3.48. The molecule has 0 radical (unpaired) electrons. The Morgan fingerprint density at radius 3 is 2.03 bits per heavy atom. The normalized spacial score (nSPS) is 12.5. The van der Waals surface area contributed by atoms with E-state index in [4.69, 9.17) is 0 Å². The van der Waals surface area contributed by atoms with Gasteiger partial charge in [0.25, 0.3) is 10.0 Å². The summed E-state index contributed by atoms with van der Waals surface area (Å²) < 4.78 is 31.1. The molecule has 0 aliphatic rings. The Morgan fingerprint density at radius 1 is 0.868 bits per heavy atom. The van der Waals surface area contributed by atoms with Crippen molar-refractivity contribution in [2.75, 3.05) is 16.2 Å². The van der Waals surface area contributed by atoms with Crippen LogP contribution in [-0.2, 0) is 21.4 Å². The third-order valence-corrected chi connectivity index (χ3v) is 8.34. The molecule has 8 heteroatoms. The molecule has 194 valence electrons. The second-order valence-corrected chi connectivity index (χ2v) is 11.2. The number of aryl methyl sites for hydroxylation is 1. The Balaban J connectivity index is 1.57. The molecule has 0 aliphatic heterocycles. The van der Waals surface area contributed by atoms with E-state index in [1.54, 1.807) is 48.5 Å². The summed E-state index contributed by atoms with van der Waals surface area (Å²) in [4.78, 5) is 12.0. The number of aliphatic hydroxyl groups excluding tert-OH is 1. The number of nitrogens with one attached hydrogen (secondary N) is 1. The number of amides is 1. The first-order chi connectivity index (χ1) is 18.3. The smallest absolute Gasteiger partial charge is 0.264 e. The zero-order valence-corrected chi connectivity index (χ0v) is 22.0. The van der Waals surface area contributed by atoms with Crippen LogP contribution in [-0.4, -0.2) is 36.6 Å². The molecule has 0 saturated carbocycles. The average molecular weight is 528 g/mol. The van der Waals surface area contributed by atoms with Crippen LogP contribution in [0, 0.1) is 6.92 Å². The molecular formula is C30H29N3O4S. The molecule has 1 aromatic heterocycles. The SMILES string of the molecule is CC(=O)Nc1ccccc1N(C[C@H](O)Cn1c2ccccc2c2ccccc21)S(=O)(=O)c1ccc(C)cc1. The van der Waals surface area contributed by atoms with Crippen LogP contribution in [0.25, 0.3) is 21.8 Å². The molecule has 7 nitrogen and oxygen atoms in total. The highest BCUT2D eigenvalue weighted by molar-refractivity contribution is 7.92. The van der Waals surface area contributed by atoms with E-state index in [1.807, 2.05) is 60.0 Å². The molecule has 0 saturated heterocycles. The molecular weight excluding hydrogens is 498 g/mol. The van der Waals surface area contributed by atoms with E-state index >= 15 is 0 Å². The van der Waals surface area contributed by atoms with E-state index in [9.17, 15) is 18.3 Å². The van der Waals surface area contributed by atoms with Crippen molar-refractivity contribution in [3.05, 3.63) is 103 Å². The number of rotatable bonds is 8. The van der Waals surface area contributed by atoms with Gasteiger partial charge in [-0.05, 0) is 43.3 Å². The van der Waals surface area contributed by atoms with Crippen molar-refractivity contribution < 1.29 is 18.3 Å². The molecule has 1 amide bonds. The molecule has 5 aromatic rings. The topological polar surface area (TPSA) is 91.6 Å². The summed E-state index contributed by atoms with van der Waals surface area (Å²) in [5.74, 6) is -0.323. The van der Waals surface area contributed by atoms with Crippen LogP contribution in [0.2, 0.25) is 0 Å². The van der Waals surface area contributed by atoms with Gasteiger partial charge in [-0.3, -0.25) is 9.10 Å². The van der Waals surface area contributed by atoms with E-state index in [-0.39, 0.29) is 29.6 Å². The van der Waals surface area contributed by atoms with Crippen LogP contribution in [0.5, 0.6) is 0 Å². The zero-order chi connectivity index (χ0) is 26.9. The number of fused-ring (bicyclic) bond motifs is 3. The summed E-state index contributed by atoms with van der Waals surface area (Å²) in [6.45, 7) is 3.21. The van der Waals surface area contributed by atoms with Gasteiger partial charge < -0.3 is 15.0 Å². The molecule has 2 N–H and O–H groups in total. The van der Waals surface area contributed by atoms with Crippen molar-refractivity contribution in [1.29, 1.82) is 0 Å². The summed E-state index contributed by atoms with van der Waals surface area (Å²) in [7, 11) is -4.08. The van der Waals surface area contributed by atoms with Crippen LogP contribution in [0.3, 0.4) is 0 Å². The van der Waals surface area contributed by atoms with E-state index in [0.29, 0.717) is 5.69 Å². The number of hydrogen-bond acceptors (Lipinski definition) is 4. The number of anilines is 2. The lowest BCUT2D eigenvalue weighted by Gasteiger charge is -2.29. The highest BCUT2D eigenvalue weighted by Crippen LogP contribution is 2.33. The van der Waals surface area contributed by atoms with Crippen LogP contribution in [0.1, 0.15) is 12.5 Å². The van der Waals surface area contributed by atoms with Gasteiger partial charge in [-0.2, -0.15) is 0 Å². The minimum Gasteiger partial charge on any atom is -0.389 e. The van der Waals surface area contributed by atoms with Crippen molar-refractivity contribution >= 4 is 49.1 Å². The van der Waals surface area contributed by atoms with Crippen molar-refractivity contribution in [2.45, 2.75) is 31.4 Å². The van der Waals surface area contributed by atoms with E-state index < -0.39 is 16.1 Å². The third kappa shape index (κ3) is 4.88. The maximum atomic E-state index is 13.9. The van der Waals surface area contributed by atoms with Crippen molar-refractivity contribution in [1.82, 2.24) is 4.57 Å². The van der Waals surface area contributed by atoms with Crippen molar-refractivity contribution in [2.24, 2.45) is 0 Å². The first-order valence-corrected chi connectivity index (χ1v) is 13.8. The van der Waals surface area contributed by atoms with Crippen LogP contribution < -0.4 is 9.62 Å². The second-order valence-electron chi connectivity index (χ2n) is 9.35. The lowest BCUT2D eigenvalue weighted by molar-refractivity contribution is -0.114. The minimum atomic E-state index is -4.08. The van der Waals surface area contributed by atoms with Gasteiger partial charge in [0, 0.05) is 28.7 Å². The lowest BCUT2D eigenvalue weighted by atomic mass is 10.2. The minimum absolute atomic E-state index is 0.102. The van der Waals surface area contributed by atoms with Gasteiger partial charge in [0.2, 0.25) is 5.91 Å². The second kappa shape index (κ2) is 10.3. The highest BCUT2D eigenvalue weighted by atomic mass is 32.2. The maximum absolute atomic E-state index is 13.9. The average Bonchev–Trinajstić information content (AvgIpc) is 3.21. The zero-order valence-electron chi connectivity index (χ0n) is 21.2. The number of hydrogen-bond donors (Lipinski definition) is 2. The molecule has 4 aromatic carbocycles. The summed E-state index contributed by atoms with van der Waals surface area (Å²) in [6, 6.07) is 29.2. The molecule has 1 atom stereocenters. The lowest BCUT2D eigenvalue weighted by Crippen LogP contribution is -2.39. The molecule has 0 bridgehead atoms. The van der Waals surface area contributed by atoms with Gasteiger partial charge >= 0.3 is 0 Å². The van der Waals surface area contributed by atoms with Gasteiger partial charge in [0.15, 0.2) is 0 Å². The Kier molecular flexibility index (Phi) is 6.93. The Labute approximate surface area is 222 Å². The first-order valence-electron chi connectivity index (χ1n) is 12.4. The number of para-hydroxylation sites is 4. The van der Waals surface area contributed by atoms with Gasteiger partial charge in [-0.25, -0.2) is 8.42 Å². The monoisotopic (exact) mass is 527 g/mol. The number of benzene rings is 4. The van der Waals surface area contributed by atoms with E-state index in [0.717, 1.165) is 27.4 Å². The molecule has 0 aliphatic carbocycles. The number of aliphatic hydroxyl groups is 1. The Morgan fingerprint density at radius 2 is 1.42 bits per heavy atom. The number of sulfonamides is 1. The van der Waals surface area contributed by atoms with E-state index in [1.165, 1.54) is 11.2 Å². The Bertz CT molecular complexity index is 1670. The predicted molar refractivity (Wildman–Crippen MR) is 152 cm³/mol. The standard InChI is InChI=1S/C30H29N3O4S/c1-21-15-17-24(18-16-21)38(36,37)33(30-14-8-5-11-27(30)31-22(2)34)20-23(35)19-32-28-12-6-3-9-25(28)26-10-4-7-13-29(26)32/h3-18,23,35H,19-20H2,1-2H3,(H,31,34)/t23-/m1/s1. The van der Waals surface area contributed by atoms with Gasteiger partial charge in [0.05, 0.1) is 35.5 Å². The molecule has 0 spiro atoms. The third-order valence-electron chi connectivity index (χ3n) is 6.54. The van der Waals surface area contributed by atoms with E-state index in [2.05, 4.69) is 5.32 Å².